The average Bonchev–Trinajstić information content (AvgIpc) is 2.16. The summed E-state index contributed by atoms with van der Waals surface area (Å²) in [6, 6.07) is 7.63. The van der Waals surface area contributed by atoms with E-state index in [1.807, 2.05) is 6.92 Å². The molecule has 0 radical (unpaired) electrons. The topological polar surface area (TPSA) is 74.6 Å². The molecular formula is C11H10O4S. The van der Waals surface area contributed by atoms with Crippen LogP contribution in [0.15, 0.2) is 35.2 Å². The van der Waals surface area contributed by atoms with Crippen molar-refractivity contribution in [1.29, 1.82) is 0 Å². The highest BCUT2D eigenvalue weighted by atomic mass is 32.2. The highest BCUT2D eigenvalue weighted by Crippen LogP contribution is 2.28. The van der Waals surface area contributed by atoms with Crippen LogP contribution in [0.25, 0.3) is 10.8 Å². The van der Waals surface area contributed by atoms with Crippen molar-refractivity contribution in [1.82, 2.24) is 0 Å². The minimum absolute atomic E-state index is 0.191. The van der Waals surface area contributed by atoms with Gasteiger partial charge in [-0.05, 0) is 18.4 Å². The average molecular weight is 238 g/mol. The second kappa shape index (κ2) is 3.47. The largest absolute Gasteiger partial charge is 0.508 e. The fourth-order valence-corrected chi connectivity index (χ4v) is 2.36. The summed E-state index contributed by atoms with van der Waals surface area (Å²) < 4.78 is 31.4. The van der Waals surface area contributed by atoms with Gasteiger partial charge in [-0.15, -0.1) is 0 Å². The van der Waals surface area contributed by atoms with Gasteiger partial charge in [-0.25, -0.2) is 0 Å². The number of hydrogen-bond donors (Lipinski definition) is 2. The highest BCUT2D eigenvalue weighted by Gasteiger charge is 2.15. The first-order valence-electron chi connectivity index (χ1n) is 4.59. The van der Waals surface area contributed by atoms with E-state index in [1.54, 1.807) is 18.2 Å². The predicted octanol–water partition coefficient (Wildman–Crippen LogP) is 2.10. The zero-order valence-electron chi connectivity index (χ0n) is 8.51. The molecule has 2 N–H and O–H groups in total. The summed E-state index contributed by atoms with van der Waals surface area (Å²) in [5.41, 5.74) is 0.878. The quantitative estimate of drug-likeness (QED) is 0.746. The molecule has 0 spiro atoms. The molecule has 2 rings (SSSR count). The van der Waals surface area contributed by atoms with Gasteiger partial charge >= 0.3 is 0 Å². The molecular weight excluding hydrogens is 228 g/mol. The Morgan fingerprint density at radius 1 is 1.12 bits per heavy atom. The Morgan fingerprint density at radius 2 is 1.81 bits per heavy atom. The number of hydrogen-bond acceptors (Lipinski definition) is 3. The molecule has 0 unspecified atom stereocenters. The molecule has 0 saturated carbocycles. The zero-order valence-corrected chi connectivity index (χ0v) is 9.32. The lowest BCUT2D eigenvalue weighted by Crippen LogP contribution is -1.99. The third-order valence-electron chi connectivity index (χ3n) is 2.33. The van der Waals surface area contributed by atoms with Crippen LogP contribution >= 0.6 is 0 Å². The minimum atomic E-state index is -4.33. The molecule has 84 valence electrons. The van der Waals surface area contributed by atoms with Crippen molar-refractivity contribution in [3.63, 3.8) is 0 Å². The SMILES string of the molecule is Cc1ccc2cc(O)cc(S(=O)(=O)O)c2c1. The van der Waals surface area contributed by atoms with Gasteiger partial charge in [-0.2, -0.15) is 8.42 Å². The summed E-state index contributed by atoms with van der Waals surface area (Å²) in [4.78, 5) is -0.272. The van der Waals surface area contributed by atoms with E-state index in [-0.39, 0.29) is 10.6 Å². The van der Waals surface area contributed by atoms with Crippen molar-refractivity contribution in [2.45, 2.75) is 11.8 Å². The third-order valence-corrected chi connectivity index (χ3v) is 3.23. The number of aryl methyl sites for hydroxylation is 1. The van der Waals surface area contributed by atoms with E-state index in [4.69, 9.17) is 4.55 Å². The molecule has 0 heterocycles. The molecule has 0 fully saturated rings. The first-order valence-corrected chi connectivity index (χ1v) is 6.03. The van der Waals surface area contributed by atoms with Crippen molar-refractivity contribution in [3.8, 4) is 5.75 Å². The Morgan fingerprint density at radius 3 is 2.44 bits per heavy atom. The van der Waals surface area contributed by atoms with Crippen molar-refractivity contribution in [2.75, 3.05) is 0 Å². The highest BCUT2D eigenvalue weighted by molar-refractivity contribution is 7.86. The van der Waals surface area contributed by atoms with Crippen molar-refractivity contribution < 1.29 is 18.1 Å². The van der Waals surface area contributed by atoms with E-state index >= 15 is 0 Å². The van der Waals surface area contributed by atoms with Gasteiger partial charge in [0.25, 0.3) is 10.1 Å². The van der Waals surface area contributed by atoms with Gasteiger partial charge in [0.1, 0.15) is 10.6 Å². The van der Waals surface area contributed by atoms with Crippen LogP contribution in [0.1, 0.15) is 5.56 Å². The second-order valence-electron chi connectivity index (χ2n) is 3.64. The lowest BCUT2D eigenvalue weighted by atomic mass is 10.1. The summed E-state index contributed by atoms with van der Waals surface area (Å²) in [5, 5.41) is 10.3. The summed E-state index contributed by atoms with van der Waals surface area (Å²) in [7, 11) is -4.33. The second-order valence-corrected chi connectivity index (χ2v) is 5.03. The summed E-state index contributed by atoms with van der Waals surface area (Å²) in [6.07, 6.45) is 0. The molecule has 0 aliphatic rings. The lowest BCUT2D eigenvalue weighted by Gasteiger charge is -2.06. The van der Waals surface area contributed by atoms with E-state index < -0.39 is 10.1 Å². The van der Waals surface area contributed by atoms with Crippen LogP contribution in [-0.4, -0.2) is 18.1 Å². The molecule has 2 aromatic rings. The normalized spacial score (nSPS) is 11.9. The molecule has 0 atom stereocenters. The molecule has 0 aliphatic carbocycles. The van der Waals surface area contributed by atoms with Crippen molar-refractivity contribution in [2.24, 2.45) is 0 Å². The Labute approximate surface area is 92.9 Å². The van der Waals surface area contributed by atoms with Gasteiger partial charge in [0.05, 0.1) is 0 Å². The maximum Gasteiger partial charge on any atom is 0.295 e. The molecule has 5 heteroatoms. The molecule has 2 aromatic carbocycles. The maximum atomic E-state index is 11.2. The molecule has 4 nitrogen and oxygen atoms in total. The Bertz CT molecular complexity index is 659. The number of rotatable bonds is 1. The molecule has 0 aliphatic heterocycles. The standard InChI is InChI=1S/C11H10O4S/c1-7-2-3-8-5-9(12)6-11(10(8)4-7)16(13,14)15/h2-6,12H,1H3,(H,13,14,15). The van der Waals surface area contributed by atoms with Crippen LogP contribution in [0.3, 0.4) is 0 Å². The fourth-order valence-electron chi connectivity index (χ4n) is 1.64. The molecule has 0 bridgehead atoms. The van der Waals surface area contributed by atoms with Gasteiger partial charge in [-0.3, -0.25) is 4.55 Å². The fraction of sp³-hybridized carbons (Fsp3) is 0.0909. The van der Waals surface area contributed by atoms with Crippen LogP contribution in [0.4, 0.5) is 0 Å². The lowest BCUT2D eigenvalue weighted by molar-refractivity contribution is 0.468. The number of aromatic hydroxyl groups is 1. The van der Waals surface area contributed by atoms with E-state index in [0.717, 1.165) is 11.6 Å². The van der Waals surface area contributed by atoms with E-state index in [0.29, 0.717) is 10.8 Å². The van der Waals surface area contributed by atoms with Gasteiger partial charge in [-0.1, -0.05) is 23.8 Å². The van der Waals surface area contributed by atoms with Gasteiger partial charge < -0.3 is 5.11 Å². The number of phenolic OH excluding ortho intramolecular Hbond substituents is 1. The van der Waals surface area contributed by atoms with Crippen LogP contribution in [0.5, 0.6) is 5.75 Å². The van der Waals surface area contributed by atoms with Crippen molar-refractivity contribution in [3.05, 3.63) is 35.9 Å². The van der Waals surface area contributed by atoms with E-state index in [1.165, 1.54) is 6.07 Å². The van der Waals surface area contributed by atoms with Crippen LogP contribution in [-0.2, 0) is 10.1 Å². The van der Waals surface area contributed by atoms with E-state index in [2.05, 4.69) is 0 Å². The molecule has 0 amide bonds. The van der Waals surface area contributed by atoms with Crippen LogP contribution < -0.4 is 0 Å². The summed E-state index contributed by atoms with van der Waals surface area (Å²) in [6.45, 7) is 1.82. The number of fused-ring (bicyclic) bond motifs is 1. The smallest absolute Gasteiger partial charge is 0.295 e. The molecule has 0 saturated heterocycles. The van der Waals surface area contributed by atoms with E-state index in [9.17, 15) is 13.5 Å². The Hall–Kier alpha value is -1.59. The van der Waals surface area contributed by atoms with Crippen LogP contribution in [0, 0.1) is 6.92 Å². The summed E-state index contributed by atoms with van der Waals surface area (Å²) >= 11 is 0. The van der Waals surface area contributed by atoms with Gasteiger partial charge in [0, 0.05) is 11.5 Å². The molecule has 16 heavy (non-hydrogen) atoms. The number of benzene rings is 2. The molecule has 0 aromatic heterocycles. The van der Waals surface area contributed by atoms with Gasteiger partial charge in [0.15, 0.2) is 0 Å². The van der Waals surface area contributed by atoms with Gasteiger partial charge in [0.2, 0.25) is 0 Å². The monoisotopic (exact) mass is 238 g/mol. The Kier molecular flexibility index (Phi) is 2.36. The Balaban J connectivity index is 2.96. The van der Waals surface area contributed by atoms with Crippen LogP contribution in [0.2, 0.25) is 0 Å². The predicted molar refractivity (Wildman–Crippen MR) is 60.2 cm³/mol. The maximum absolute atomic E-state index is 11.2. The third kappa shape index (κ3) is 1.87. The first kappa shape index (κ1) is 10.9. The zero-order chi connectivity index (χ0) is 11.9. The minimum Gasteiger partial charge on any atom is -0.508 e. The first-order chi connectivity index (χ1) is 7.38. The van der Waals surface area contributed by atoms with Crippen molar-refractivity contribution >= 4 is 20.9 Å². The summed E-state index contributed by atoms with van der Waals surface area (Å²) in [5.74, 6) is -0.191. The number of phenols is 1.